The van der Waals surface area contributed by atoms with Crippen molar-refractivity contribution in [1.29, 1.82) is 0 Å². The highest BCUT2D eigenvalue weighted by Gasteiger charge is 2.09. The molecule has 1 heterocycles. The number of hydrogen-bond donors (Lipinski definition) is 1. The maximum Gasteiger partial charge on any atom is 0.255 e. The third-order valence-corrected chi connectivity index (χ3v) is 3.83. The first-order chi connectivity index (χ1) is 11.1. The van der Waals surface area contributed by atoms with Gasteiger partial charge < -0.3 is 10.1 Å². The van der Waals surface area contributed by atoms with Crippen LogP contribution < -0.4 is 10.1 Å². The van der Waals surface area contributed by atoms with Gasteiger partial charge >= 0.3 is 0 Å². The molecule has 0 aliphatic rings. The van der Waals surface area contributed by atoms with Crippen molar-refractivity contribution < 1.29 is 9.53 Å². The molecule has 116 valence electrons. The van der Waals surface area contributed by atoms with E-state index in [2.05, 4.69) is 10.3 Å². The number of ether oxygens (including phenoxy) is 1. The van der Waals surface area contributed by atoms with Crippen LogP contribution in [-0.2, 0) is 0 Å². The molecule has 1 N–H and O–H groups in total. The van der Waals surface area contributed by atoms with Crippen LogP contribution in [-0.4, -0.2) is 18.0 Å². The number of hydrogen-bond acceptors (Lipinski definition) is 3. The molecule has 0 radical (unpaired) electrons. The van der Waals surface area contributed by atoms with Crippen LogP contribution in [0.3, 0.4) is 0 Å². The summed E-state index contributed by atoms with van der Waals surface area (Å²) < 4.78 is 5.09. The molecule has 3 aromatic rings. The van der Waals surface area contributed by atoms with Gasteiger partial charge in [-0.3, -0.25) is 4.79 Å². The summed E-state index contributed by atoms with van der Waals surface area (Å²) in [5.74, 6) is 0.321. The van der Waals surface area contributed by atoms with Crippen molar-refractivity contribution in [3.8, 4) is 5.75 Å². The number of nitrogens with zero attached hydrogens (tertiary/aromatic N) is 1. The van der Waals surface area contributed by atoms with E-state index in [4.69, 9.17) is 27.9 Å². The van der Waals surface area contributed by atoms with Gasteiger partial charge in [0.2, 0.25) is 0 Å². The zero-order valence-electron chi connectivity index (χ0n) is 12.1. The first-order valence-corrected chi connectivity index (χ1v) is 7.53. The largest absolute Gasteiger partial charge is 0.495 e. The minimum atomic E-state index is -0.233. The number of carbonyl (C=O) groups is 1. The Hall–Kier alpha value is -2.30. The van der Waals surface area contributed by atoms with E-state index >= 15 is 0 Å². The summed E-state index contributed by atoms with van der Waals surface area (Å²) in [6.07, 6.45) is 0. The van der Waals surface area contributed by atoms with Gasteiger partial charge in [-0.2, -0.15) is 0 Å². The van der Waals surface area contributed by atoms with E-state index in [9.17, 15) is 4.79 Å². The van der Waals surface area contributed by atoms with Crippen LogP contribution in [0, 0.1) is 0 Å². The van der Waals surface area contributed by atoms with Crippen molar-refractivity contribution in [3.05, 3.63) is 64.3 Å². The van der Waals surface area contributed by atoms with Crippen LogP contribution in [0.2, 0.25) is 10.2 Å². The fraction of sp³-hybridized carbons (Fsp3) is 0.0588. The second kappa shape index (κ2) is 6.44. The molecule has 1 aromatic heterocycles. The molecule has 0 atom stereocenters. The summed E-state index contributed by atoms with van der Waals surface area (Å²) in [4.78, 5) is 16.6. The molecule has 0 aliphatic heterocycles. The van der Waals surface area contributed by atoms with Gasteiger partial charge in [0.15, 0.2) is 0 Å². The molecule has 0 saturated heterocycles. The highest BCUT2D eigenvalue weighted by Crippen LogP contribution is 2.27. The number of amides is 1. The third kappa shape index (κ3) is 3.38. The van der Waals surface area contributed by atoms with Gasteiger partial charge in [-0.1, -0.05) is 23.2 Å². The van der Waals surface area contributed by atoms with Crippen LogP contribution in [0.15, 0.2) is 48.5 Å². The molecule has 4 nitrogen and oxygen atoms in total. The number of pyridine rings is 1. The maximum absolute atomic E-state index is 12.4. The van der Waals surface area contributed by atoms with Gasteiger partial charge in [-0.05, 0) is 48.5 Å². The lowest BCUT2D eigenvalue weighted by Gasteiger charge is -2.08. The van der Waals surface area contributed by atoms with Crippen LogP contribution >= 0.6 is 23.2 Å². The lowest BCUT2D eigenvalue weighted by Crippen LogP contribution is -2.11. The van der Waals surface area contributed by atoms with Crippen molar-refractivity contribution in [2.45, 2.75) is 0 Å². The average Bonchev–Trinajstić information content (AvgIpc) is 2.54. The van der Waals surface area contributed by atoms with Crippen molar-refractivity contribution in [2.75, 3.05) is 12.4 Å². The van der Waals surface area contributed by atoms with E-state index in [1.54, 1.807) is 42.5 Å². The van der Waals surface area contributed by atoms with Gasteiger partial charge in [0.1, 0.15) is 10.9 Å². The van der Waals surface area contributed by atoms with Gasteiger partial charge in [0.05, 0.1) is 17.6 Å². The number of anilines is 1. The number of rotatable bonds is 3. The Bertz CT molecular complexity index is 897. The molecule has 1 amide bonds. The van der Waals surface area contributed by atoms with Crippen LogP contribution in [0.5, 0.6) is 5.75 Å². The van der Waals surface area contributed by atoms with E-state index in [1.165, 1.54) is 7.11 Å². The lowest BCUT2D eigenvalue weighted by molar-refractivity contribution is 0.102. The Balaban J connectivity index is 1.85. The topological polar surface area (TPSA) is 51.2 Å². The molecule has 0 spiro atoms. The SMILES string of the molecule is COc1ccc(NC(=O)c2ccc3nc(Cl)ccc3c2)cc1Cl. The molecule has 6 heteroatoms. The van der Waals surface area contributed by atoms with Gasteiger partial charge in [-0.15, -0.1) is 0 Å². The standard InChI is InChI=1S/C17H12Cl2N2O2/c1-23-15-6-4-12(9-13(15)18)20-17(22)11-2-5-14-10(8-11)3-7-16(19)21-14/h2-9H,1H3,(H,20,22). The predicted octanol–water partition coefficient (Wildman–Crippen LogP) is 4.80. The second-order valence-corrected chi connectivity index (χ2v) is 5.64. The Morgan fingerprint density at radius 3 is 2.65 bits per heavy atom. The Labute approximate surface area is 143 Å². The maximum atomic E-state index is 12.4. The van der Waals surface area contributed by atoms with Crippen LogP contribution in [0.1, 0.15) is 10.4 Å². The number of fused-ring (bicyclic) bond motifs is 1. The highest BCUT2D eigenvalue weighted by molar-refractivity contribution is 6.32. The van der Waals surface area contributed by atoms with Crippen LogP contribution in [0.25, 0.3) is 10.9 Å². The molecule has 0 saturated carbocycles. The molecule has 3 rings (SSSR count). The van der Waals surface area contributed by atoms with Crippen molar-refractivity contribution in [3.63, 3.8) is 0 Å². The molecule has 0 unspecified atom stereocenters. The number of nitrogens with one attached hydrogen (secondary N) is 1. The molecule has 2 aromatic carbocycles. The molecule has 0 fully saturated rings. The average molecular weight is 347 g/mol. The molecule has 23 heavy (non-hydrogen) atoms. The first kappa shape index (κ1) is 15.6. The first-order valence-electron chi connectivity index (χ1n) is 6.78. The summed E-state index contributed by atoms with van der Waals surface area (Å²) in [5, 5.41) is 4.50. The van der Waals surface area contributed by atoms with E-state index in [-0.39, 0.29) is 5.91 Å². The molecular weight excluding hydrogens is 335 g/mol. The predicted molar refractivity (Wildman–Crippen MR) is 92.7 cm³/mol. The van der Waals surface area contributed by atoms with Crippen molar-refractivity contribution >= 4 is 45.7 Å². The van der Waals surface area contributed by atoms with Crippen LogP contribution in [0.4, 0.5) is 5.69 Å². The lowest BCUT2D eigenvalue weighted by atomic mass is 10.1. The fourth-order valence-electron chi connectivity index (χ4n) is 2.19. The highest BCUT2D eigenvalue weighted by atomic mass is 35.5. The number of halogens is 2. The smallest absolute Gasteiger partial charge is 0.255 e. The monoisotopic (exact) mass is 346 g/mol. The Morgan fingerprint density at radius 2 is 1.91 bits per heavy atom. The van der Waals surface area contributed by atoms with Gasteiger partial charge in [0.25, 0.3) is 5.91 Å². The van der Waals surface area contributed by atoms with E-state index in [1.807, 2.05) is 6.07 Å². The van der Waals surface area contributed by atoms with Crippen molar-refractivity contribution in [2.24, 2.45) is 0 Å². The minimum Gasteiger partial charge on any atom is -0.495 e. The molecule has 0 aliphatic carbocycles. The normalized spacial score (nSPS) is 10.6. The number of aromatic nitrogens is 1. The van der Waals surface area contributed by atoms with E-state index in [0.717, 1.165) is 10.9 Å². The van der Waals surface area contributed by atoms with Gasteiger partial charge in [-0.25, -0.2) is 4.98 Å². The van der Waals surface area contributed by atoms with E-state index < -0.39 is 0 Å². The second-order valence-electron chi connectivity index (χ2n) is 4.84. The minimum absolute atomic E-state index is 0.233. The zero-order valence-corrected chi connectivity index (χ0v) is 13.7. The van der Waals surface area contributed by atoms with E-state index in [0.29, 0.717) is 27.2 Å². The number of benzene rings is 2. The quantitative estimate of drug-likeness (QED) is 0.692. The summed E-state index contributed by atoms with van der Waals surface area (Å²) >= 11 is 11.9. The Morgan fingerprint density at radius 1 is 1.09 bits per heavy atom. The molecule has 0 bridgehead atoms. The van der Waals surface area contributed by atoms with Crippen molar-refractivity contribution in [1.82, 2.24) is 4.98 Å². The summed E-state index contributed by atoms with van der Waals surface area (Å²) in [6.45, 7) is 0. The zero-order chi connectivity index (χ0) is 16.4. The van der Waals surface area contributed by atoms with Gasteiger partial charge in [0, 0.05) is 16.6 Å². The Kier molecular flexibility index (Phi) is 4.37. The number of methoxy groups -OCH3 is 1. The fourth-order valence-corrected chi connectivity index (χ4v) is 2.60. The summed E-state index contributed by atoms with van der Waals surface area (Å²) in [6, 6.07) is 13.8. The molecular formula is C17H12Cl2N2O2. The summed E-state index contributed by atoms with van der Waals surface area (Å²) in [7, 11) is 1.54. The number of carbonyl (C=O) groups excluding carboxylic acids is 1. The summed E-state index contributed by atoms with van der Waals surface area (Å²) in [5.41, 5.74) is 1.85. The third-order valence-electron chi connectivity index (χ3n) is 3.33.